The second-order valence-corrected chi connectivity index (χ2v) is 6.20. The van der Waals surface area contributed by atoms with Gasteiger partial charge in [-0.1, -0.05) is 41.0 Å². The first-order valence-corrected chi connectivity index (χ1v) is 6.70. The Morgan fingerprint density at radius 3 is 2.29 bits per heavy atom. The fraction of sp³-hybridized carbons (Fsp3) is 0.929. The van der Waals surface area contributed by atoms with Crippen LogP contribution in [0, 0.1) is 16.7 Å². The average Bonchev–Trinajstić information content (AvgIpc) is 2.61. The third kappa shape index (κ3) is 3.21. The van der Waals surface area contributed by atoms with E-state index in [0.29, 0.717) is 29.9 Å². The van der Waals surface area contributed by atoms with Gasteiger partial charge in [-0.15, -0.1) is 0 Å². The minimum absolute atomic E-state index is 0.130. The fourth-order valence-corrected chi connectivity index (χ4v) is 2.54. The third-order valence-corrected chi connectivity index (χ3v) is 4.70. The van der Waals surface area contributed by atoms with E-state index in [-0.39, 0.29) is 5.97 Å². The van der Waals surface area contributed by atoms with Gasteiger partial charge in [-0.3, -0.25) is 4.79 Å². The van der Waals surface area contributed by atoms with Crippen LogP contribution in [-0.2, 0) is 9.53 Å². The number of hydrogen-bond acceptors (Lipinski definition) is 3. The number of nitrogens with one attached hydrogen (secondary N) is 1. The van der Waals surface area contributed by atoms with Crippen LogP contribution in [0.4, 0.5) is 0 Å². The van der Waals surface area contributed by atoms with Gasteiger partial charge in [0.15, 0.2) is 0 Å². The number of ether oxygens (including phenoxy) is 1. The molecule has 1 N–H and O–H groups in total. The summed E-state index contributed by atoms with van der Waals surface area (Å²) in [6.45, 7) is 13.0. The molecule has 1 rings (SSSR count). The number of carbonyl (C=O) groups is 1. The Bertz CT molecular complexity index is 257. The number of hydrogen-bond donors (Lipinski definition) is 1. The van der Waals surface area contributed by atoms with Crippen molar-refractivity contribution in [1.82, 2.24) is 5.32 Å². The number of carbonyl (C=O) groups excluding carboxylic acids is 1. The van der Waals surface area contributed by atoms with E-state index in [9.17, 15) is 4.79 Å². The van der Waals surface area contributed by atoms with Crippen molar-refractivity contribution in [2.45, 2.75) is 47.5 Å². The Morgan fingerprint density at radius 2 is 1.82 bits per heavy atom. The smallest absolute Gasteiger partial charge is 0.319 e. The predicted octanol–water partition coefficient (Wildman–Crippen LogP) is 2.60. The zero-order valence-corrected chi connectivity index (χ0v) is 11.9. The molecule has 1 aliphatic carbocycles. The molecule has 1 aliphatic rings. The number of rotatable bonds is 7. The molecular formula is C14H27NO2. The first kappa shape index (κ1) is 14.5. The van der Waals surface area contributed by atoms with Gasteiger partial charge < -0.3 is 10.1 Å². The van der Waals surface area contributed by atoms with Crippen molar-refractivity contribution in [3.05, 3.63) is 0 Å². The van der Waals surface area contributed by atoms with E-state index >= 15 is 0 Å². The van der Waals surface area contributed by atoms with Gasteiger partial charge in [0.05, 0.1) is 13.2 Å². The summed E-state index contributed by atoms with van der Waals surface area (Å²) in [6.07, 6.45) is 2.01. The Hall–Kier alpha value is -0.570. The highest BCUT2D eigenvalue weighted by Gasteiger charge is 2.63. The van der Waals surface area contributed by atoms with Crippen LogP contribution in [-0.4, -0.2) is 25.7 Å². The van der Waals surface area contributed by atoms with Crippen LogP contribution in [0.5, 0.6) is 0 Å². The molecule has 17 heavy (non-hydrogen) atoms. The summed E-state index contributed by atoms with van der Waals surface area (Å²) in [5.41, 5.74) is 0.762. The van der Waals surface area contributed by atoms with Crippen molar-refractivity contribution in [1.29, 1.82) is 0 Å². The summed E-state index contributed by atoms with van der Waals surface area (Å²) >= 11 is 0. The van der Waals surface area contributed by atoms with Crippen molar-refractivity contribution in [3.63, 3.8) is 0 Å². The van der Waals surface area contributed by atoms with E-state index in [1.807, 2.05) is 0 Å². The highest BCUT2D eigenvalue weighted by atomic mass is 16.5. The van der Waals surface area contributed by atoms with Gasteiger partial charge in [-0.05, 0) is 29.7 Å². The SMILES string of the molecule is CCCCOC(=O)CNCC1C(C)(C)C1(C)C. The minimum atomic E-state index is -0.130. The zero-order valence-electron chi connectivity index (χ0n) is 11.9. The lowest BCUT2D eigenvalue weighted by Gasteiger charge is -2.06. The molecule has 0 aliphatic heterocycles. The molecule has 0 bridgehead atoms. The van der Waals surface area contributed by atoms with Gasteiger partial charge in [-0.25, -0.2) is 0 Å². The second kappa shape index (κ2) is 5.38. The first-order valence-electron chi connectivity index (χ1n) is 6.70. The molecule has 100 valence electrons. The lowest BCUT2D eigenvalue weighted by Crippen LogP contribution is -2.28. The van der Waals surface area contributed by atoms with Crippen molar-refractivity contribution in [3.8, 4) is 0 Å². The lowest BCUT2D eigenvalue weighted by molar-refractivity contribution is -0.142. The van der Waals surface area contributed by atoms with E-state index in [2.05, 4.69) is 39.9 Å². The molecule has 0 spiro atoms. The van der Waals surface area contributed by atoms with E-state index in [1.165, 1.54) is 0 Å². The molecule has 0 aromatic rings. The van der Waals surface area contributed by atoms with Crippen LogP contribution in [0.3, 0.4) is 0 Å². The Kier molecular flexibility index (Phi) is 4.59. The third-order valence-electron chi connectivity index (χ3n) is 4.70. The molecule has 0 aromatic heterocycles. The summed E-state index contributed by atoms with van der Waals surface area (Å²) in [5, 5.41) is 3.21. The van der Waals surface area contributed by atoms with Crippen LogP contribution in [0.2, 0.25) is 0 Å². The molecule has 0 aromatic carbocycles. The zero-order chi connectivity index (χ0) is 13.1. The molecule has 3 heteroatoms. The summed E-state index contributed by atoms with van der Waals surface area (Å²) < 4.78 is 5.09. The molecule has 0 radical (unpaired) electrons. The minimum Gasteiger partial charge on any atom is -0.465 e. The molecule has 1 saturated carbocycles. The fourth-order valence-electron chi connectivity index (χ4n) is 2.54. The number of esters is 1. The molecule has 1 fully saturated rings. The van der Waals surface area contributed by atoms with Crippen LogP contribution in [0.15, 0.2) is 0 Å². The standard InChI is InChI=1S/C14H27NO2/c1-6-7-8-17-12(16)10-15-9-11-13(2,3)14(11,4)5/h11,15H,6-10H2,1-5H3. The predicted molar refractivity (Wildman–Crippen MR) is 69.8 cm³/mol. The van der Waals surface area contributed by atoms with Gasteiger partial charge in [0.1, 0.15) is 0 Å². The highest BCUT2D eigenvalue weighted by molar-refractivity contribution is 5.71. The van der Waals surface area contributed by atoms with E-state index in [0.717, 1.165) is 19.4 Å². The Balaban J connectivity index is 2.11. The largest absolute Gasteiger partial charge is 0.465 e. The number of unbranched alkanes of at least 4 members (excludes halogenated alkanes) is 1. The normalized spacial score (nSPS) is 21.2. The van der Waals surface area contributed by atoms with Gasteiger partial charge in [-0.2, -0.15) is 0 Å². The maximum atomic E-state index is 11.4. The lowest BCUT2D eigenvalue weighted by atomic mass is 10.0. The topological polar surface area (TPSA) is 38.3 Å². The van der Waals surface area contributed by atoms with Crippen molar-refractivity contribution in [2.75, 3.05) is 19.7 Å². The van der Waals surface area contributed by atoms with E-state index < -0.39 is 0 Å². The van der Waals surface area contributed by atoms with Gasteiger partial charge in [0.2, 0.25) is 0 Å². The average molecular weight is 241 g/mol. The van der Waals surface area contributed by atoms with E-state index in [1.54, 1.807) is 0 Å². The molecular weight excluding hydrogens is 214 g/mol. The summed E-state index contributed by atoms with van der Waals surface area (Å²) in [6, 6.07) is 0. The molecule has 0 saturated heterocycles. The second-order valence-electron chi connectivity index (χ2n) is 6.20. The monoisotopic (exact) mass is 241 g/mol. The highest BCUT2D eigenvalue weighted by Crippen LogP contribution is 2.67. The maximum Gasteiger partial charge on any atom is 0.319 e. The summed E-state index contributed by atoms with van der Waals surface area (Å²) in [5.74, 6) is 0.521. The van der Waals surface area contributed by atoms with E-state index in [4.69, 9.17) is 4.74 Å². The molecule has 0 unspecified atom stereocenters. The van der Waals surface area contributed by atoms with Crippen molar-refractivity contribution in [2.24, 2.45) is 16.7 Å². The van der Waals surface area contributed by atoms with Gasteiger partial charge >= 0.3 is 5.97 Å². The van der Waals surface area contributed by atoms with Crippen LogP contribution in [0.1, 0.15) is 47.5 Å². The molecule has 3 nitrogen and oxygen atoms in total. The van der Waals surface area contributed by atoms with Gasteiger partial charge in [0, 0.05) is 0 Å². The van der Waals surface area contributed by atoms with Crippen molar-refractivity contribution < 1.29 is 9.53 Å². The Morgan fingerprint density at radius 1 is 1.24 bits per heavy atom. The summed E-state index contributed by atoms with van der Waals surface area (Å²) in [7, 11) is 0. The van der Waals surface area contributed by atoms with Gasteiger partial charge in [0.25, 0.3) is 0 Å². The van der Waals surface area contributed by atoms with Crippen LogP contribution in [0.25, 0.3) is 0 Å². The molecule has 0 amide bonds. The quantitative estimate of drug-likeness (QED) is 0.550. The Labute approximate surface area is 105 Å². The first-order chi connectivity index (χ1) is 7.84. The van der Waals surface area contributed by atoms with Crippen LogP contribution >= 0.6 is 0 Å². The molecule has 0 heterocycles. The molecule has 0 atom stereocenters. The van der Waals surface area contributed by atoms with Crippen LogP contribution < -0.4 is 5.32 Å². The summed E-state index contributed by atoms with van der Waals surface area (Å²) in [4.78, 5) is 11.4. The van der Waals surface area contributed by atoms with Crippen molar-refractivity contribution >= 4 is 5.97 Å². The maximum absolute atomic E-state index is 11.4.